The highest BCUT2D eigenvalue weighted by molar-refractivity contribution is 4.85. The van der Waals surface area contributed by atoms with E-state index in [1.807, 2.05) is 0 Å². The molecule has 2 N–H and O–H groups in total. The third kappa shape index (κ3) is 11.2. The van der Waals surface area contributed by atoms with Crippen molar-refractivity contribution >= 4 is 0 Å². The van der Waals surface area contributed by atoms with Crippen LogP contribution in [0.1, 0.15) is 123 Å². The Labute approximate surface area is 182 Å². The van der Waals surface area contributed by atoms with Gasteiger partial charge in [0, 0.05) is 19.7 Å². The molecule has 3 nitrogen and oxygen atoms in total. The van der Waals surface area contributed by atoms with Crippen LogP contribution >= 0.6 is 0 Å². The number of unbranched alkanes of at least 4 members (excludes halogenated alkanes) is 10. The average Bonchev–Trinajstić information content (AvgIpc) is 2.76. The Morgan fingerprint density at radius 2 is 1.21 bits per heavy atom. The van der Waals surface area contributed by atoms with Gasteiger partial charge in [0.05, 0.1) is 12.3 Å². The molecule has 0 aromatic rings. The van der Waals surface area contributed by atoms with Gasteiger partial charge in [0.25, 0.3) is 0 Å². The van der Waals surface area contributed by atoms with Crippen molar-refractivity contribution in [2.45, 2.75) is 135 Å². The Balaban J connectivity index is 1.45. The number of ether oxygens (including phenoxy) is 1. The van der Waals surface area contributed by atoms with Crippen molar-refractivity contribution in [1.82, 2.24) is 10.6 Å². The second-order valence-corrected chi connectivity index (χ2v) is 9.89. The summed E-state index contributed by atoms with van der Waals surface area (Å²) in [6.07, 6.45) is 24.3. The standard InChI is InChI=1S/C26H52N2O/c1-3-5-7-9-11-13-15-23-21-27-26(28-22-23)24-16-18-25(19-17-24)29-20-14-12-10-8-6-4-2/h23-28H,3-22H2,1-2H3. The highest BCUT2D eigenvalue weighted by atomic mass is 16.5. The molecule has 0 unspecified atom stereocenters. The molecule has 0 radical (unpaired) electrons. The molecular weight excluding hydrogens is 356 g/mol. The van der Waals surface area contributed by atoms with Gasteiger partial charge >= 0.3 is 0 Å². The van der Waals surface area contributed by atoms with Gasteiger partial charge in [-0.1, -0.05) is 84.5 Å². The summed E-state index contributed by atoms with van der Waals surface area (Å²) in [5, 5.41) is 7.68. The number of hydrogen-bond donors (Lipinski definition) is 2. The predicted molar refractivity (Wildman–Crippen MR) is 126 cm³/mol. The minimum atomic E-state index is 0.533. The van der Waals surface area contributed by atoms with E-state index in [9.17, 15) is 0 Å². The molecule has 1 heterocycles. The third-order valence-electron chi connectivity index (χ3n) is 7.26. The van der Waals surface area contributed by atoms with Crippen molar-refractivity contribution in [3.63, 3.8) is 0 Å². The van der Waals surface area contributed by atoms with Gasteiger partial charge in [-0.05, 0) is 50.4 Å². The summed E-state index contributed by atoms with van der Waals surface area (Å²) in [7, 11) is 0. The number of nitrogens with one attached hydrogen (secondary N) is 2. The Hall–Kier alpha value is -0.120. The van der Waals surface area contributed by atoms with Crippen molar-refractivity contribution in [1.29, 1.82) is 0 Å². The predicted octanol–water partition coefficient (Wildman–Crippen LogP) is 6.81. The Morgan fingerprint density at radius 1 is 0.655 bits per heavy atom. The van der Waals surface area contributed by atoms with Crippen LogP contribution in [0.25, 0.3) is 0 Å². The maximum absolute atomic E-state index is 6.18. The summed E-state index contributed by atoms with van der Waals surface area (Å²) in [6, 6.07) is 0. The van der Waals surface area contributed by atoms with Gasteiger partial charge in [-0.3, -0.25) is 0 Å². The van der Waals surface area contributed by atoms with Crippen LogP contribution in [0.5, 0.6) is 0 Å². The zero-order valence-electron chi connectivity index (χ0n) is 19.9. The Morgan fingerprint density at radius 3 is 1.83 bits per heavy atom. The summed E-state index contributed by atoms with van der Waals surface area (Å²) in [5.74, 6) is 1.65. The summed E-state index contributed by atoms with van der Waals surface area (Å²) in [5.41, 5.74) is 0. The lowest BCUT2D eigenvalue weighted by Gasteiger charge is -2.39. The van der Waals surface area contributed by atoms with E-state index < -0.39 is 0 Å². The van der Waals surface area contributed by atoms with Gasteiger partial charge in [-0.15, -0.1) is 0 Å². The minimum absolute atomic E-state index is 0.533. The summed E-state index contributed by atoms with van der Waals surface area (Å²) in [4.78, 5) is 0. The van der Waals surface area contributed by atoms with Gasteiger partial charge < -0.3 is 15.4 Å². The summed E-state index contributed by atoms with van der Waals surface area (Å²) < 4.78 is 6.18. The van der Waals surface area contributed by atoms with E-state index in [-0.39, 0.29) is 0 Å². The minimum Gasteiger partial charge on any atom is -0.378 e. The van der Waals surface area contributed by atoms with Gasteiger partial charge in [-0.2, -0.15) is 0 Å². The molecule has 1 saturated heterocycles. The molecule has 0 atom stereocenters. The third-order valence-corrected chi connectivity index (χ3v) is 7.26. The zero-order chi connectivity index (χ0) is 20.6. The molecule has 1 saturated carbocycles. The van der Waals surface area contributed by atoms with E-state index in [0.717, 1.165) is 18.4 Å². The van der Waals surface area contributed by atoms with Gasteiger partial charge in [0.1, 0.15) is 0 Å². The summed E-state index contributed by atoms with van der Waals surface area (Å²) >= 11 is 0. The largest absolute Gasteiger partial charge is 0.378 e. The van der Waals surface area contributed by atoms with E-state index in [1.165, 1.54) is 122 Å². The van der Waals surface area contributed by atoms with Crippen LogP contribution in [0.3, 0.4) is 0 Å². The molecule has 0 aromatic heterocycles. The maximum Gasteiger partial charge on any atom is 0.0600 e. The maximum atomic E-state index is 6.18. The second-order valence-electron chi connectivity index (χ2n) is 9.89. The molecule has 0 aromatic carbocycles. The quantitative estimate of drug-likeness (QED) is 0.275. The smallest absolute Gasteiger partial charge is 0.0600 e. The topological polar surface area (TPSA) is 33.3 Å². The lowest BCUT2D eigenvalue weighted by atomic mass is 9.84. The lowest BCUT2D eigenvalue weighted by molar-refractivity contribution is 0.00847. The highest BCUT2D eigenvalue weighted by Gasteiger charge is 2.30. The van der Waals surface area contributed by atoms with E-state index >= 15 is 0 Å². The molecule has 0 spiro atoms. The molecule has 2 rings (SSSR count). The fourth-order valence-corrected chi connectivity index (χ4v) is 5.20. The van der Waals surface area contributed by atoms with Crippen molar-refractivity contribution in [2.75, 3.05) is 19.7 Å². The Bertz CT molecular complexity index is 360. The van der Waals surface area contributed by atoms with Crippen LogP contribution in [-0.4, -0.2) is 32.0 Å². The average molecular weight is 409 g/mol. The molecule has 2 aliphatic rings. The summed E-state index contributed by atoms with van der Waals surface area (Å²) in [6.45, 7) is 8.02. The molecular formula is C26H52N2O. The van der Waals surface area contributed by atoms with Crippen LogP contribution in [-0.2, 0) is 4.74 Å². The molecule has 1 aliphatic heterocycles. The van der Waals surface area contributed by atoms with E-state index in [4.69, 9.17) is 4.74 Å². The number of hydrogen-bond acceptors (Lipinski definition) is 3. The first-order valence-electron chi connectivity index (χ1n) is 13.4. The van der Waals surface area contributed by atoms with Crippen LogP contribution in [0.4, 0.5) is 0 Å². The van der Waals surface area contributed by atoms with Crippen LogP contribution in [0.15, 0.2) is 0 Å². The fourth-order valence-electron chi connectivity index (χ4n) is 5.20. The molecule has 0 amide bonds. The normalized spacial score (nSPS) is 27.9. The molecule has 29 heavy (non-hydrogen) atoms. The van der Waals surface area contributed by atoms with Crippen LogP contribution in [0.2, 0.25) is 0 Å². The zero-order valence-corrected chi connectivity index (χ0v) is 19.9. The second kappa shape index (κ2) is 16.6. The molecule has 0 bridgehead atoms. The first-order chi connectivity index (χ1) is 14.3. The van der Waals surface area contributed by atoms with Gasteiger partial charge in [0.15, 0.2) is 0 Å². The van der Waals surface area contributed by atoms with Crippen molar-refractivity contribution in [3.8, 4) is 0 Å². The SMILES string of the molecule is CCCCCCCCOC1CCC(C2NCC(CCCCCCCC)CN2)CC1. The van der Waals surface area contributed by atoms with Crippen molar-refractivity contribution in [2.24, 2.45) is 11.8 Å². The van der Waals surface area contributed by atoms with Gasteiger partial charge in [-0.25, -0.2) is 0 Å². The van der Waals surface area contributed by atoms with E-state index in [2.05, 4.69) is 24.5 Å². The van der Waals surface area contributed by atoms with Crippen molar-refractivity contribution < 1.29 is 4.74 Å². The molecule has 172 valence electrons. The first kappa shape index (κ1) is 25.1. The van der Waals surface area contributed by atoms with Crippen molar-refractivity contribution in [3.05, 3.63) is 0 Å². The molecule has 1 aliphatic carbocycles. The Kier molecular flexibility index (Phi) is 14.4. The highest BCUT2D eigenvalue weighted by Crippen LogP contribution is 2.29. The van der Waals surface area contributed by atoms with E-state index in [1.54, 1.807) is 0 Å². The first-order valence-corrected chi connectivity index (χ1v) is 13.4. The number of rotatable bonds is 16. The molecule has 3 heteroatoms. The lowest BCUT2D eigenvalue weighted by Crippen LogP contribution is -2.56. The fraction of sp³-hybridized carbons (Fsp3) is 1.00. The monoisotopic (exact) mass is 408 g/mol. The van der Waals surface area contributed by atoms with Gasteiger partial charge in [0.2, 0.25) is 0 Å². The molecule has 2 fully saturated rings. The van der Waals surface area contributed by atoms with Crippen LogP contribution < -0.4 is 10.6 Å². The van der Waals surface area contributed by atoms with Crippen LogP contribution in [0, 0.1) is 11.8 Å². The van der Waals surface area contributed by atoms with E-state index in [0.29, 0.717) is 12.3 Å².